The quantitative estimate of drug-likeness (QED) is 0.448. The molecule has 136 valence electrons. The maximum atomic E-state index is 12.1. The van der Waals surface area contributed by atoms with Crippen LogP contribution in [-0.4, -0.2) is 50.0 Å². The molecule has 1 heterocycles. The minimum atomic E-state index is -0.0247. The number of aliphatic imine (C=N–C) groups is 1. The van der Waals surface area contributed by atoms with Crippen molar-refractivity contribution < 1.29 is 4.79 Å². The first-order chi connectivity index (χ1) is 12.1. The van der Waals surface area contributed by atoms with Crippen LogP contribution in [0.3, 0.4) is 0 Å². The van der Waals surface area contributed by atoms with Gasteiger partial charge in [-0.25, -0.2) is 0 Å². The summed E-state index contributed by atoms with van der Waals surface area (Å²) in [7, 11) is 1.85. The second-order valence-corrected chi connectivity index (χ2v) is 8.03. The van der Waals surface area contributed by atoms with Gasteiger partial charge in [-0.1, -0.05) is 22.4 Å². The summed E-state index contributed by atoms with van der Waals surface area (Å²) < 4.78 is 0.977. The van der Waals surface area contributed by atoms with Gasteiger partial charge < -0.3 is 15.5 Å². The second-order valence-electron chi connectivity index (χ2n) is 7.12. The van der Waals surface area contributed by atoms with Crippen LogP contribution < -0.4 is 10.6 Å². The first kappa shape index (κ1) is 18.2. The lowest BCUT2D eigenvalue weighted by atomic mass is 9.68. The topological polar surface area (TPSA) is 56.7 Å². The molecule has 1 amide bonds. The molecule has 0 radical (unpaired) electrons. The van der Waals surface area contributed by atoms with Gasteiger partial charge in [-0.15, -0.1) is 0 Å². The Kier molecular flexibility index (Phi) is 5.99. The molecule has 1 aliphatic heterocycles. The summed E-state index contributed by atoms with van der Waals surface area (Å²) in [5.74, 6) is 0.978. The van der Waals surface area contributed by atoms with E-state index in [4.69, 9.17) is 0 Å². The van der Waals surface area contributed by atoms with Crippen LogP contribution in [-0.2, 0) is 0 Å². The highest BCUT2D eigenvalue weighted by Crippen LogP contribution is 2.47. The summed E-state index contributed by atoms with van der Waals surface area (Å²) in [4.78, 5) is 18.9. The number of guanidine groups is 1. The molecule has 1 spiro atoms. The Morgan fingerprint density at radius 1 is 1.20 bits per heavy atom. The number of nitrogens with zero attached hydrogens (tertiary/aromatic N) is 2. The van der Waals surface area contributed by atoms with Crippen molar-refractivity contribution in [2.24, 2.45) is 10.4 Å². The van der Waals surface area contributed by atoms with Crippen LogP contribution in [0.5, 0.6) is 0 Å². The summed E-state index contributed by atoms with van der Waals surface area (Å²) >= 11 is 3.38. The molecule has 6 heteroatoms. The standard InChI is InChI=1S/C19H27BrN4O/c1-21-18(24-13-10-19(14-24)8-2-9-19)23-12-3-11-22-17(25)15-4-6-16(20)7-5-15/h4-7H,2-3,8-14H2,1H3,(H,21,23)(H,22,25). The number of rotatable bonds is 5. The Hall–Kier alpha value is -1.56. The Bertz CT molecular complexity index is 625. The molecule has 0 bridgehead atoms. The van der Waals surface area contributed by atoms with Gasteiger partial charge in [0.1, 0.15) is 0 Å². The van der Waals surface area contributed by atoms with Crippen LogP contribution in [0, 0.1) is 5.41 Å². The smallest absolute Gasteiger partial charge is 0.251 e. The summed E-state index contributed by atoms with van der Waals surface area (Å²) in [5, 5.41) is 6.40. The molecular weight excluding hydrogens is 380 g/mol. The van der Waals surface area contributed by atoms with Crippen molar-refractivity contribution in [1.29, 1.82) is 0 Å². The summed E-state index contributed by atoms with van der Waals surface area (Å²) in [6.45, 7) is 3.73. The molecule has 1 saturated carbocycles. The highest BCUT2D eigenvalue weighted by Gasteiger charge is 2.43. The van der Waals surface area contributed by atoms with Crippen molar-refractivity contribution in [2.75, 3.05) is 33.2 Å². The lowest BCUT2D eigenvalue weighted by Gasteiger charge is -2.38. The minimum Gasteiger partial charge on any atom is -0.356 e. The van der Waals surface area contributed by atoms with E-state index in [0.717, 1.165) is 36.5 Å². The number of halogens is 1. The number of likely N-dealkylation sites (tertiary alicyclic amines) is 1. The number of benzene rings is 1. The fraction of sp³-hybridized carbons (Fsp3) is 0.579. The van der Waals surface area contributed by atoms with E-state index in [2.05, 4.69) is 36.5 Å². The van der Waals surface area contributed by atoms with Gasteiger partial charge >= 0.3 is 0 Å². The molecule has 1 saturated heterocycles. The van der Waals surface area contributed by atoms with Gasteiger partial charge in [0.25, 0.3) is 5.91 Å². The van der Waals surface area contributed by atoms with Crippen molar-refractivity contribution in [3.63, 3.8) is 0 Å². The molecule has 25 heavy (non-hydrogen) atoms. The van der Waals surface area contributed by atoms with Gasteiger partial charge in [0.05, 0.1) is 0 Å². The van der Waals surface area contributed by atoms with E-state index in [1.165, 1.54) is 25.7 Å². The maximum absolute atomic E-state index is 12.1. The zero-order valence-electron chi connectivity index (χ0n) is 14.9. The third kappa shape index (κ3) is 4.54. The molecule has 0 unspecified atom stereocenters. The number of hydrogen-bond donors (Lipinski definition) is 2. The van der Waals surface area contributed by atoms with Gasteiger partial charge in [-0.3, -0.25) is 9.79 Å². The molecule has 1 aliphatic carbocycles. The summed E-state index contributed by atoms with van der Waals surface area (Å²) in [5.41, 5.74) is 1.27. The van der Waals surface area contributed by atoms with Gasteiger partial charge in [0.2, 0.25) is 0 Å². The average Bonchev–Trinajstić information content (AvgIpc) is 3.04. The zero-order valence-corrected chi connectivity index (χ0v) is 16.4. The molecule has 2 fully saturated rings. The molecule has 0 aromatic heterocycles. The molecule has 2 aliphatic rings. The molecule has 0 atom stereocenters. The normalized spacial score (nSPS) is 19.0. The summed E-state index contributed by atoms with van der Waals surface area (Å²) in [6, 6.07) is 7.41. The van der Waals surface area contributed by atoms with Gasteiger partial charge in [-0.05, 0) is 55.4 Å². The van der Waals surface area contributed by atoms with Gasteiger partial charge in [0, 0.05) is 43.3 Å². The van der Waals surface area contributed by atoms with Crippen molar-refractivity contribution in [3.8, 4) is 0 Å². The Morgan fingerprint density at radius 3 is 2.52 bits per heavy atom. The second kappa shape index (κ2) is 8.21. The predicted molar refractivity (Wildman–Crippen MR) is 105 cm³/mol. The van der Waals surface area contributed by atoms with Crippen LogP contribution in [0.2, 0.25) is 0 Å². The Balaban J connectivity index is 1.35. The summed E-state index contributed by atoms with van der Waals surface area (Å²) in [6.07, 6.45) is 6.32. The lowest BCUT2D eigenvalue weighted by Crippen LogP contribution is -2.43. The lowest BCUT2D eigenvalue weighted by molar-refractivity contribution is 0.0953. The first-order valence-electron chi connectivity index (χ1n) is 9.11. The maximum Gasteiger partial charge on any atom is 0.251 e. The van der Waals surface area contributed by atoms with Crippen molar-refractivity contribution in [3.05, 3.63) is 34.3 Å². The Morgan fingerprint density at radius 2 is 1.92 bits per heavy atom. The molecule has 5 nitrogen and oxygen atoms in total. The first-order valence-corrected chi connectivity index (χ1v) is 9.91. The van der Waals surface area contributed by atoms with E-state index in [-0.39, 0.29) is 5.91 Å². The number of carbonyl (C=O) groups excluding carboxylic acids is 1. The van der Waals surface area contributed by atoms with Crippen LogP contribution >= 0.6 is 15.9 Å². The fourth-order valence-corrected chi connectivity index (χ4v) is 3.99. The van der Waals surface area contributed by atoms with E-state index in [0.29, 0.717) is 17.5 Å². The molecule has 2 N–H and O–H groups in total. The largest absolute Gasteiger partial charge is 0.356 e. The highest BCUT2D eigenvalue weighted by molar-refractivity contribution is 9.10. The zero-order chi connectivity index (χ0) is 17.7. The van der Waals surface area contributed by atoms with Crippen LogP contribution in [0.25, 0.3) is 0 Å². The highest BCUT2D eigenvalue weighted by atomic mass is 79.9. The number of amides is 1. The van der Waals surface area contributed by atoms with E-state index in [1.807, 2.05) is 31.3 Å². The third-order valence-corrected chi connectivity index (χ3v) is 5.92. The van der Waals surface area contributed by atoms with Gasteiger partial charge in [0.15, 0.2) is 5.96 Å². The number of carbonyl (C=O) groups is 1. The molecule has 3 rings (SSSR count). The monoisotopic (exact) mass is 406 g/mol. The van der Waals surface area contributed by atoms with Crippen LogP contribution in [0.4, 0.5) is 0 Å². The fourth-order valence-electron chi connectivity index (χ4n) is 3.73. The SMILES string of the molecule is CN=C(NCCCNC(=O)c1ccc(Br)cc1)N1CCC2(CCC2)C1. The van der Waals surface area contributed by atoms with E-state index in [1.54, 1.807) is 0 Å². The minimum absolute atomic E-state index is 0.0247. The van der Waals surface area contributed by atoms with E-state index >= 15 is 0 Å². The van der Waals surface area contributed by atoms with Crippen molar-refractivity contribution in [2.45, 2.75) is 32.1 Å². The molecular formula is C19H27BrN4O. The average molecular weight is 407 g/mol. The number of nitrogens with one attached hydrogen (secondary N) is 2. The Labute approximate surface area is 158 Å². The van der Waals surface area contributed by atoms with Crippen LogP contribution in [0.15, 0.2) is 33.7 Å². The van der Waals surface area contributed by atoms with E-state index in [9.17, 15) is 4.79 Å². The third-order valence-electron chi connectivity index (χ3n) is 5.39. The molecule has 1 aromatic rings. The molecule has 1 aromatic carbocycles. The van der Waals surface area contributed by atoms with Crippen molar-refractivity contribution in [1.82, 2.24) is 15.5 Å². The van der Waals surface area contributed by atoms with E-state index < -0.39 is 0 Å². The predicted octanol–water partition coefficient (Wildman–Crippen LogP) is 3.02. The van der Waals surface area contributed by atoms with Crippen LogP contribution in [0.1, 0.15) is 42.5 Å². The van der Waals surface area contributed by atoms with Gasteiger partial charge in [-0.2, -0.15) is 0 Å². The van der Waals surface area contributed by atoms with Crippen molar-refractivity contribution >= 4 is 27.8 Å². The number of hydrogen-bond acceptors (Lipinski definition) is 2.